The van der Waals surface area contributed by atoms with Gasteiger partial charge in [0.05, 0.1) is 21.4 Å². The van der Waals surface area contributed by atoms with E-state index in [9.17, 15) is 9.18 Å². The fourth-order valence-electron chi connectivity index (χ4n) is 1.95. The number of imidazole rings is 1. The summed E-state index contributed by atoms with van der Waals surface area (Å²) in [7, 11) is 3.33. The van der Waals surface area contributed by atoms with Crippen molar-refractivity contribution in [3.8, 4) is 0 Å². The number of amides is 2. The van der Waals surface area contributed by atoms with Crippen LogP contribution in [0.15, 0.2) is 16.6 Å². The van der Waals surface area contributed by atoms with E-state index in [4.69, 9.17) is 11.6 Å². The van der Waals surface area contributed by atoms with Crippen molar-refractivity contribution in [2.45, 2.75) is 12.4 Å². The average Bonchev–Trinajstić information content (AvgIpc) is 2.76. The average molecular weight is 378 g/mol. The molecular weight excluding hydrogens is 363 g/mol. The van der Waals surface area contributed by atoms with E-state index in [0.29, 0.717) is 34.4 Å². The second-order valence-electron chi connectivity index (χ2n) is 4.69. The fraction of sp³-hybridized carbons (Fsp3) is 0.385. The first-order valence-electron chi connectivity index (χ1n) is 6.29. The minimum Gasteiger partial charge on any atom is -0.336 e. The van der Waals surface area contributed by atoms with Crippen LogP contribution in [0.1, 0.15) is 5.82 Å². The normalized spacial score (nSPS) is 10.9. The van der Waals surface area contributed by atoms with Crippen LogP contribution in [0.2, 0.25) is 0 Å². The number of rotatable bonds is 4. The van der Waals surface area contributed by atoms with Crippen molar-refractivity contribution in [2.75, 3.05) is 20.6 Å². The molecular formula is C13H15BrClFN4O. The van der Waals surface area contributed by atoms with Crippen LogP contribution < -0.4 is 5.32 Å². The molecule has 0 aliphatic carbocycles. The van der Waals surface area contributed by atoms with Gasteiger partial charge in [-0.05, 0) is 22.0 Å². The standard InChI is InChI=1S/C13H15BrClFN4O/c1-19(2)13(21)17-3-4-20-11-6-9(16)8(14)5-10(11)18-12(20)7-15/h5-6H,3-4,7H2,1-2H3,(H,17,21). The van der Waals surface area contributed by atoms with Crippen molar-refractivity contribution in [1.82, 2.24) is 19.8 Å². The van der Waals surface area contributed by atoms with Gasteiger partial charge in [-0.15, -0.1) is 11.6 Å². The molecule has 2 rings (SSSR count). The van der Waals surface area contributed by atoms with Crippen molar-refractivity contribution in [3.05, 3.63) is 28.2 Å². The smallest absolute Gasteiger partial charge is 0.316 e. The summed E-state index contributed by atoms with van der Waals surface area (Å²) in [5.41, 5.74) is 1.32. The maximum Gasteiger partial charge on any atom is 0.316 e. The van der Waals surface area contributed by atoms with Gasteiger partial charge in [0, 0.05) is 33.3 Å². The van der Waals surface area contributed by atoms with E-state index in [1.54, 1.807) is 20.2 Å². The van der Waals surface area contributed by atoms with Crippen LogP contribution in [-0.4, -0.2) is 41.1 Å². The van der Waals surface area contributed by atoms with Crippen LogP contribution in [0.25, 0.3) is 11.0 Å². The first-order chi connectivity index (χ1) is 9.93. The molecule has 0 radical (unpaired) electrons. The van der Waals surface area contributed by atoms with E-state index in [1.807, 2.05) is 4.57 Å². The Labute approximate surface area is 135 Å². The van der Waals surface area contributed by atoms with Gasteiger partial charge in [0.15, 0.2) is 0 Å². The molecule has 0 aliphatic heterocycles. The first kappa shape index (κ1) is 16.0. The number of aromatic nitrogens is 2. The Balaban J connectivity index is 2.25. The van der Waals surface area contributed by atoms with E-state index in [0.717, 1.165) is 0 Å². The SMILES string of the molecule is CN(C)C(=O)NCCn1c(CCl)nc2cc(Br)c(F)cc21. The predicted octanol–water partition coefficient (Wildman–Crippen LogP) is 2.95. The molecule has 0 fully saturated rings. The molecule has 2 aromatic rings. The summed E-state index contributed by atoms with van der Waals surface area (Å²) >= 11 is 9.03. The van der Waals surface area contributed by atoms with Crippen LogP contribution in [0.3, 0.4) is 0 Å². The Morgan fingerprint density at radius 3 is 2.86 bits per heavy atom. The molecule has 8 heteroatoms. The van der Waals surface area contributed by atoms with E-state index >= 15 is 0 Å². The molecule has 0 spiro atoms. The lowest BCUT2D eigenvalue weighted by molar-refractivity contribution is 0.217. The van der Waals surface area contributed by atoms with Gasteiger partial charge in [-0.1, -0.05) is 0 Å². The van der Waals surface area contributed by atoms with E-state index in [2.05, 4.69) is 26.2 Å². The summed E-state index contributed by atoms with van der Waals surface area (Å²) in [5.74, 6) is 0.501. The number of carbonyl (C=O) groups is 1. The molecule has 1 aromatic heterocycles. The topological polar surface area (TPSA) is 50.2 Å². The highest BCUT2D eigenvalue weighted by Crippen LogP contribution is 2.24. The number of carbonyl (C=O) groups excluding carboxylic acids is 1. The molecule has 0 saturated heterocycles. The summed E-state index contributed by atoms with van der Waals surface area (Å²) in [6, 6.07) is 2.85. The summed E-state index contributed by atoms with van der Waals surface area (Å²) < 4.78 is 15.9. The molecule has 1 heterocycles. The second-order valence-corrected chi connectivity index (χ2v) is 5.82. The molecule has 21 heavy (non-hydrogen) atoms. The van der Waals surface area contributed by atoms with Crippen molar-refractivity contribution < 1.29 is 9.18 Å². The zero-order chi connectivity index (χ0) is 15.6. The van der Waals surface area contributed by atoms with Gasteiger partial charge in [-0.3, -0.25) is 0 Å². The third-order valence-corrected chi connectivity index (χ3v) is 3.85. The molecule has 0 atom stereocenters. The Hall–Kier alpha value is -1.34. The number of nitrogens with zero attached hydrogens (tertiary/aromatic N) is 3. The maximum atomic E-state index is 13.7. The number of hydrogen-bond acceptors (Lipinski definition) is 2. The second kappa shape index (κ2) is 6.62. The molecule has 1 aromatic carbocycles. The van der Waals surface area contributed by atoms with Gasteiger partial charge in [0.1, 0.15) is 11.6 Å². The minimum absolute atomic E-state index is 0.180. The molecule has 2 amide bonds. The zero-order valence-corrected chi connectivity index (χ0v) is 14.0. The fourth-order valence-corrected chi connectivity index (χ4v) is 2.49. The number of fused-ring (bicyclic) bond motifs is 1. The number of halogens is 3. The summed E-state index contributed by atoms with van der Waals surface area (Å²) in [6.45, 7) is 0.878. The first-order valence-corrected chi connectivity index (χ1v) is 7.62. The van der Waals surface area contributed by atoms with Gasteiger partial charge in [-0.2, -0.15) is 0 Å². The third-order valence-electron chi connectivity index (χ3n) is 3.01. The summed E-state index contributed by atoms with van der Waals surface area (Å²) in [5, 5.41) is 2.75. The Morgan fingerprint density at radius 1 is 1.52 bits per heavy atom. The Kier molecular flexibility index (Phi) is 5.05. The maximum absolute atomic E-state index is 13.7. The van der Waals surface area contributed by atoms with Crippen molar-refractivity contribution >= 4 is 44.6 Å². The van der Waals surface area contributed by atoms with Crippen LogP contribution in [-0.2, 0) is 12.4 Å². The van der Waals surface area contributed by atoms with Crippen LogP contribution in [0.4, 0.5) is 9.18 Å². The number of benzene rings is 1. The van der Waals surface area contributed by atoms with Crippen LogP contribution in [0.5, 0.6) is 0 Å². The lowest BCUT2D eigenvalue weighted by Gasteiger charge is -2.13. The minimum atomic E-state index is -0.359. The number of alkyl halides is 1. The molecule has 0 saturated carbocycles. The van der Waals surface area contributed by atoms with Gasteiger partial charge in [-0.25, -0.2) is 14.2 Å². The molecule has 114 valence electrons. The van der Waals surface area contributed by atoms with Crippen molar-refractivity contribution in [2.24, 2.45) is 0 Å². The van der Waals surface area contributed by atoms with E-state index in [1.165, 1.54) is 11.0 Å². The van der Waals surface area contributed by atoms with Crippen molar-refractivity contribution in [3.63, 3.8) is 0 Å². The zero-order valence-electron chi connectivity index (χ0n) is 11.7. The molecule has 0 unspecified atom stereocenters. The molecule has 0 bridgehead atoms. The highest BCUT2D eigenvalue weighted by molar-refractivity contribution is 9.10. The Bertz CT molecular complexity index is 674. The third kappa shape index (κ3) is 3.47. The number of urea groups is 1. The monoisotopic (exact) mass is 376 g/mol. The summed E-state index contributed by atoms with van der Waals surface area (Å²) in [6.07, 6.45) is 0. The van der Waals surface area contributed by atoms with E-state index in [-0.39, 0.29) is 17.7 Å². The molecule has 5 nitrogen and oxygen atoms in total. The molecule has 1 N–H and O–H groups in total. The molecule has 0 aliphatic rings. The summed E-state index contributed by atoms with van der Waals surface area (Å²) in [4.78, 5) is 17.3. The van der Waals surface area contributed by atoms with Crippen LogP contribution in [0, 0.1) is 5.82 Å². The van der Waals surface area contributed by atoms with Crippen molar-refractivity contribution in [1.29, 1.82) is 0 Å². The highest BCUT2D eigenvalue weighted by atomic mass is 79.9. The Morgan fingerprint density at radius 2 is 2.24 bits per heavy atom. The number of nitrogens with one attached hydrogen (secondary N) is 1. The van der Waals surface area contributed by atoms with Gasteiger partial charge in [0.25, 0.3) is 0 Å². The highest BCUT2D eigenvalue weighted by Gasteiger charge is 2.13. The lowest BCUT2D eigenvalue weighted by atomic mass is 10.3. The van der Waals surface area contributed by atoms with Gasteiger partial charge in [0.2, 0.25) is 0 Å². The van der Waals surface area contributed by atoms with Gasteiger partial charge < -0.3 is 14.8 Å². The quantitative estimate of drug-likeness (QED) is 0.833. The predicted molar refractivity (Wildman–Crippen MR) is 84.0 cm³/mol. The lowest BCUT2D eigenvalue weighted by Crippen LogP contribution is -2.36. The number of hydrogen-bond donors (Lipinski definition) is 1. The van der Waals surface area contributed by atoms with E-state index < -0.39 is 0 Å². The largest absolute Gasteiger partial charge is 0.336 e. The van der Waals surface area contributed by atoms with Gasteiger partial charge >= 0.3 is 6.03 Å². The van der Waals surface area contributed by atoms with Crippen LogP contribution >= 0.6 is 27.5 Å².